The maximum Gasteiger partial charge on any atom is 0.338 e. The van der Waals surface area contributed by atoms with Gasteiger partial charge in [-0.1, -0.05) is 6.07 Å². The fraction of sp³-hybridized carbons (Fsp3) is 0.296. The average molecular weight is 633 g/mol. The summed E-state index contributed by atoms with van der Waals surface area (Å²) in [5, 5.41) is 9.21. The van der Waals surface area contributed by atoms with Gasteiger partial charge in [0.25, 0.3) is 5.91 Å². The molecule has 0 bridgehead atoms. The second-order valence-electron chi connectivity index (χ2n) is 8.41. The second-order valence-corrected chi connectivity index (χ2v) is 9.26. The number of halogens is 1. The topological polar surface area (TPSA) is 163 Å². The van der Waals surface area contributed by atoms with E-state index in [0.29, 0.717) is 27.0 Å². The van der Waals surface area contributed by atoms with Gasteiger partial charge in [-0.15, -0.1) is 0 Å². The molecule has 14 heteroatoms. The number of esters is 2. The Balaban J connectivity index is 1.68. The molecule has 1 heterocycles. The number of nitrogens with zero attached hydrogens (tertiary/aromatic N) is 1. The highest BCUT2D eigenvalue weighted by Crippen LogP contribution is 2.37. The Kier molecular flexibility index (Phi) is 10.7. The van der Waals surface area contributed by atoms with Gasteiger partial charge < -0.3 is 34.3 Å². The monoisotopic (exact) mass is 632 g/mol. The molecule has 2 aromatic rings. The molecule has 41 heavy (non-hydrogen) atoms. The van der Waals surface area contributed by atoms with E-state index in [9.17, 15) is 19.2 Å². The van der Waals surface area contributed by atoms with Crippen LogP contribution in [0.1, 0.15) is 37.9 Å². The molecule has 3 amide bonds. The molecular weight excluding hydrogens is 604 g/mol. The van der Waals surface area contributed by atoms with Crippen LogP contribution in [0, 0.1) is 0 Å². The predicted octanol–water partition coefficient (Wildman–Crippen LogP) is 3.11. The Morgan fingerprint density at radius 3 is 2.49 bits per heavy atom. The number of hydrogen-bond acceptors (Lipinski definition) is 10. The highest BCUT2D eigenvalue weighted by Gasteiger charge is 2.32. The first-order chi connectivity index (χ1) is 19.6. The summed E-state index contributed by atoms with van der Waals surface area (Å²) in [6.45, 7) is 4.36. The Morgan fingerprint density at radius 2 is 1.83 bits per heavy atom. The quantitative estimate of drug-likeness (QED) is 0.146. The zero-order valence-corrected chi connectivity index (χ0v) is 24.5. The number of nitrogens with one attached hydrogen (secondary N) is 3. The van der Waals surface area contributed by atoms with Gasteiger partial charge in [0, 0.05) is 12.6 Å². The summed E-state index contributed by atoms with van der Waals surface area (Å²) in [4.78, 5) is 48.3. The highest BCUT2D eigenvalue weighted by atomic mass is 79.9. The fourth-order valence-electron chi connectivity index (χ4n) is 3.82. The van der Waals surface area contributed by atoms with Crippen molar-refractivity contribution in [2.75, 3.05) is 27.4 Å². The molecule has 1 aliphatic rings. The predicted molar refractivity (Wildman–Crippen MR) is 150 cm³/mol. The molecular formula is C27H29BrN4O9. The van der Waals surface area contributed by atoms with Crippen molar-refractivity contribution in [2.24, 2.45) is 5.10 Å². The number of methoxy groups -OCH3 is 2. The van der Waals surface area contributed by atoms with Crippen molar-refractivity contribution < 1.29 is 42.9 Å². The normalized spacial score (nSPS) is 14.6. The van der Waals surface area contributed by atoms with Crippen LogP contribution in [-0.4, -0.2) is 57.5 Å². The molecule has 0 aliphatic carbocycles. The number of benzene rings is 2. The summed E-state index contributed by atoms with van der Waals surface area (Å²) in [6.07, 6.45) is 1.38. The van der Waals surface area contributed by atoms with Gasteiger partial charge in [0.2, 0.25) is 0 Å². The first-order valence-electron chi connectivity index (χ1n) is 12.2. The van der Waals surface area contributed by atoms with Crippen LogP contribution in [0.4, 0.5) is 4.79 Å². The van der Waals surface area contributed by atoms with Crippen LogP contribution in [-0.2, 0) is 19.1 Å². The summed E-state index contributed by atoms with van der Waals surface area (Å²) in [5.41, 5.74) is 4.09. The first-order valence-corrected chi connectivity index (χ1v) is 13.0. The molecule has 0 aromatic heterocycles. The van der Waals surface area contributed by atoms with E-state index in [0.717, 1.165) is 0 Å². The Hall–Kier alpha value is -4.59. The second kappa shape index (κ2) is 14.2. The van der Waals surface area contributed by atoms with Crippen LogP contribution in [0.5, 0.6) is 23.0 Å². The zero-order chi connectivity index (χ0) is 30.1. The fourth-order valence-corrected chi connectivity index (χ4v) is 4.36. The maximum atomic E-state index is 12.6. The summed E-state index contributed by atoms with van der Waals surface area (Å²) < 4.78 is 27.0. The lowest BCUT2D eigenvalue weighted by atomic mass is 9.95. The lowest BCUT2D eigenvalue weighted by Crippen LogP contribution is -2.45. The van der Waals surface area contributed by atoms with Crippen LogP contribution < -0.4 is 35.0 Å². The minimum atomic E-state index is -0.787. The van der Waals surface area contributed by atoms with Gasteiger partial charge in [0.1, 0.15) is 0 Å². The molecule has 0 saturated heterocycles. The minimum absolute atomic E-state index is 0.173. The van der Waals surface area contributed by atoms with E-state index in [1.165, 1.54) is 27.4 Å². The number of amides is 3. The van der Waals surface area contributed by atoms with Gasteiger partial charge in [-0.3, -0.25) is 9.59 Å². The van der Waals surface area contributed by atoms with Gasteiger partial charge in [-0.2, -0.15) is 5.10 Å². The molecule has 0 unspecified atom stereocenters. The van der Waals surface area contributed by atoms with E-state index in [2.05, 4.69) is 37.1 Å². The van der Waals surface area contributed by atoms with Crippen molar-refractivity contribution in [1.82, 2.24) is 16.1 Å². The number of ether oxygens (including phenoxy) is 5. The van der Waals surface area contributed by atoms with Crippen molar-refractivity contribution >= 4 is 46.0 Å². The zero-order valence-electron chi connectivity index (χ0n) is 23.0. The van der Waals surface area contributed by atoms with E-state index >= 15 is 0 Å². The Bertz CT molecular complexity index is 1410. The first kappa shape index (κ1) is 30.9. The molecule has 13 nitrogen and oxygen atoms in total. The largest absolute Gasteiger partial charge is 0.493 e. The molecule has 0 spiro atoms. The third kappa shape index (κ3) is 7.97. The summed E-state index contributed by atoms with van der Waals surface area (Å²) in [6, 6.07) is 6.75. The molecule has 0 saturated carbocycles. The van der Waals surface area contributed by atoms with Gasteiger partial charge in [0.15, 0.2) is 29.6 Å². The van der Waals surface area contributed by atoms with E-state index in [-0.39, 0.29) is 36.0 Å². The van der Waals surface area contributed by atoms with Crippen molar-refractivity contribution in [3.8, 4) is 23.0 Å². The van der Waals surface area contributed by atoms with Gasteiger partial charge in [-0.05, 0) is 65.2 Å². The molecule has 0 fully saturated rings. The number of urea groups is 1. The number of carbonyl (C=O) groups excluding carboxylic acids is 4. The van der Waals surface area contributed by atoms with Crippen molar-refractivity contribution in [2.45, 2.75) is 26.8 Å². The standard InChI is InChI=1S/C27H29BrN4O9/c1-6-39-26(35)23-14(2)30-27(36)31-24(23)17-7-8-19(20(11-17)37-4)40-13-22(34)32-29-12-16-9-18(28)25(41-15(3)33)21(10-16)38-5/h7-12,24H,6,13H2,1-5H3,(H,32,34)(H2,30,31,36)/b29-12+/t24-/m0/s1. The Morgan fingerprint density at radius 1 is 1.10 bits per heavy atom. The number of hydrazone groups is 1. The van der Waals surface area contributed by atoms with E-state index < -0.39 is 29.9 Å². The lowest BCUT2D eigenvalue weighted by Gasteiger charge is -2.28. The molecule has 2 aromatic carbocycles. The molecule has 0 radical (unpaired) electrons. The molecule has 1 atom stereocenters. The summed E-state index contributed by atoms with van der Waals surface area (Å²) in [7, 11) is 2.85. The molecule has 3 N–H and O–H groups in total. The van der Waals surface area contributed by atoms with Crippen LogP contribution in [0.2, 0.25) is 0 Å². The third-order valence-corrected chi connectivity index (χ3v) is 6.13. The van der Waals surface area contributed by atoms with Gasteiger partial charge in [0.05, 0.1) is 43.1 Å². The Labute approximate surface area is 244 Å². The van der Waals surface area contributed by atoms with Crippen LogP contribution >= 0.6 is 15.9 Å². The molecule has 218 valence electrons. The molecule has 1 aliphatic heterocycles. The molecule has 3 rings (SSSR count). The van der Waals surface area contributed by atoms with Gasteiger partial charge in [-0.25, -0.2) is 15.0 Å². The lowest BCUT2D eigenvalue weighted by molar-refractivity contribution is -0.139. The van der Waals surface area contributed by atoms with Crippen LogP contribution in [0.15, 0.2) is 51.2 Å². The summed E-state index contributed by atoms with van der Waals surface area (Å²) >= 11 is 3.32. The SMILES string of the molecule is CCOC(=O)C1=C(C)NC(=O)N[C@H]1c1ccc(OCC(=O)N/N=C/c2cc(Br)c(OC(C)=O)c(OC)c2)c(OC)c1. The average Bonchev–Trinajstić information content (AvgIpc) is 2.92. The smallest absolute Gasteiger partial charge is 0.338 e. The van der Waals surface area contributed by atoms with Crippen LogP contribution in [0.25, 0.3) is 0 Å². The van der Waals surface area contributed by atoms with Crippen molar-refractivity contribution in [1.29, 1.82) is 0 Å². The third-order valence-electron chi connectivity index (χ3n) is 5.54. The number of rotatable bonds is 11. The van der Waals surface area contributed by atoms with Crippen molar-refractivity contribution in [3.05, 3.63) is 57.2 Å². The van der Waals surface area contributed by atoms with Gasteiger partial charge >= 0.3 is 18.0 Å². The number of allylic oxidation sites excluding steroid dienone is 1. The van der Waals surface area contributed by atoms with E-state index in [1.54, 1.807) is 44.2 Å². The number of hydrogen-bond donors (Lipinski definition) is 3. The van der Waals surface area contributed by atoms with Crippen LogP contribution in [0.3, 0.4) is 0 Å². The van der Waals surface area contributed by atoms with E-state index in [1.807, 2.05) is 0 Å². The highest BCUT2D eigenvalue weighted by molar-refractivity contribution is 9.10. The number of carbonyl (C=O) groups is 4. The van der Waals surface area contributed by atoms with Crippen molar-refractivity contribution in [3.63, 3.8) is 0 Å². The minimum Gasteiger partial charge on any atom is -0.493 e. The van der Waals surface area contributed by atoms with E-state index in [4.69, 9.17) is 23.7 Å². The maximum absolute atomic E-state index is 12.6. The summed E-state index contributed by atoms with van der Waals surface area (Å²) in [5.74, 6) is -0.573.